The van der Waals surface area contributed by atoms with E-state index in [1.54, 1.807) is 0 Å². The van der Waals surface area contributed by atoms with Gasteiger partial charge in [0.05, 0.1) is 6.54 Å². The predicted octanol–water partition coefficient (Wildman–Crippen LogP) is 3.17. The summed E-state index contributed by atoms with van der Waals surface area (Å²) in [6.07, 6.45) is 4.80. The lowest BCUT2D eigenvalue weighted by molar-refractivity contribution is -0.132. The van der Waals surface area contributed by atoms with Crippen LogP contribution in [0.25, 0.3) is 0 Å². The molecule has 1 aliphatic heterocycles. The van der Waals surface area contributed by atoms with Crippen LogP contribution in [0.15, 0.2) is 24.3 Å². The van der Waals surface area contributed by atoms with Gasteiger partial charge in [-0.15, -0.1) is 0 Å². The molecule has 0 aromatic heterocycles. The lowest BCUT2D eigenvalue weighted by atomic mass is 10.2. The average molecular weight is 295 g/mol. The Morgan fingerprint density at radius 1 is 1.15 bits per heavy atom. The van der Waals surface area contributed by atoms with E-state index >= 15 is 0 Å². The van der Waals surface area contributed by atoms with E-state index < -0.39 is 0 Å². The minimum atomic E-state index is 0.253. The Labute approximate surface area is 126 Å². The lowest BCUT2D eigenvalue weighted by Crippen LogP contribution is -2.39. The van der Waals surface area contributed by atoms with Crippen LogP contribution in [-0.4, -0.2) is 42.4 Å². The van der Waals surface area contributed by atoms with Crippen LogP contribution in [0.4, 0.5) is 0 Å². The Bertz CT molecular complexity index is 425. The molecule has 0 spiro atoms. The smallest absolute Gasteiger partial charge is 0.236 e. The summed E-state index contributed by atoms with van der Waals surface area (Å²) < 4.78 is 0. The molecule has 2 rings (SSSR count). The molecule has 1 heterocycles. The third-order valence-electron chi connectivity index (χ3n) is 3.73. The van der Waals surface area contributed by atoms with E-state index in [-0.39, 0.29) is 5.91 Å². The van der Waals surface area contributed by atoms with Crippen molar-refractivity contribution in [1.82, 2.24) is 9.80 Å². The van der Waals surface area contributed by atoms with Crippen LogP contribution in [0.1, 0.15) is 31.2 Å². The fraction of sp³-hybridized carbons (Fsp3) is 0.562. The predicted molar refractivity (Wildman–Crippen MR) is 82.8 cm³/mol. The second-order valence-corrected chi connectivity index (χ2v) is 6.03. The van der Waals surface area contributed by atoms with Crippen LogP contribution in [0.3, 0.4) is 0 Å². The maximum Gasteiger partial charge on any atom is 0.236 e. The van der Waals surface area contributed by atoms with Crippen LogP contribution in [0.5, 0.6) is 0 Å². The van der Waals surface area contributed by atoms with Gasteiger partial charge in [-0.2, -0.15) is 0 Å². The second-order valence-electron chi connectivity index (χ2n) is 5.59. The number of likely N-dealkylation sites (N-methyl/N-ethyl adjacent to an activating group) is 1. The first-order valence-electron chi connectivity index (χ1n) is 7.36. The number of carbonyl (C=O) groups excluding carboxylic acids is 1. The van der Waals surface area contributed by atoms with Gasteiger partial charge >= 0.3 is 0 Å². The Kier molecular flexibility index (Phi) is 5.86. The molecule has 1 aromatic rings. The summed E-state index contributed by atoms with van der Waals surface area (Å²) in [5.74, 6) is 0.253. The fourth-order valence-corrected chi connectivity index (χ4v) is 2.73. The SMILES string of the molecule is CN(CC(=O)N1CCCCCC1)Cc1ccc(Cl)cc1. The molecule has 0 atom stereocenters. The summed E-state index contributed by atoms with van der Waals surface area (Å²) in [5.41, 5.74) is 1.18. The maximum absolute atomic E-state index is 12.3. The molecule has 1 amide bonds. The molecule has 0 bridgehead atoms. The van der Waals surface area contributed by atoms with Crippen molar-refractivity contribution in [1.29, 1.82) is 0 Å². The van der Waals surface area contributed by atoms with Gasteiger partial charge in [0.25, 0.3) is 0 Å². The summed E-state index contributed by atoms with van der Waals surface area (Å²) in [7, 11) is 1.99. The van der Waals surface area contributed by atoms with Crippen molar-refractivity contribution in [3.63, 3.8) is 0 Å². The number of hydrogen-bond acceptors (Lipinski definition) is 2. The van der Waals surface area contributed by atoms with Gasteiger partial charge in [-0.3, -0.25) is 9.69 Å². The number of nitrogens with zero attached hydrogens (tertiary/aromatic N) is 2. The Balaban J connectivity index is 1.82. The summed E-state index contributed by atoms with van der Waals surface area (Å²) in [5, 5.41) is 0.747. The Morgan fingerprint density at radius 3 is 2.35 bits per heavy atom. The quantitative estimate of drug-likeness (QED) is 0.851. The molecule has 1 fully saturated rings. The monoisotopic (exact) mass is 294 g/mol. The van der Waals surface area contributed by atoms with Crippen LogP contribution >= 0.6 is 11.6 Å². The molecule has 0 N–H and O–H groups in total. The van der Waals surface area contributed by atoms with E-state index in [9.17, 15) is 4.79 Å². The van der Waals surface area contributed by atoms with E-state index in [4.69, 9.17) is 11.6 Å². The van der Waals surface area contributed by atoms with Gasteiger partial charge in [-0.1, -0.05) is 36.6 Å². The van der Waals surface area contributed by atoms with Crippen LogP contribution < -0.4 is 0 Å². The Morgan fingerprint density at radius 2 is 1.75 bits per heavy atom. The zero-order valence-corrected chi connectivity index (χ0v) is 12.9. The summed E-state index contributed by atoms with van der Waals surface area (Å²) >= 11 is 5.88. The highest BCUT2D eigenvalue weighted by Gasteiger charge is 2.16. The first-order chi connectivity index (χ1) is 9.65. The van der Waals surface area contributed by atoms with Gasteiger partial charge in [0.1, 0.15) is 0 Å². The minimum absolute atomic E-state index is 0.253. The van der Waals surface area contributed by atoms with Gasteiger partial charge in [0.2, 0.25) is 5.91 Å². The van der Waals surface area contributed by atoms with Crippen molar-refractivity contribution >= 4 is 17.5 Å². The highest BCUT2D eigenvalue weighted by molar-refractivity contribution is 6.30. The van der Waals surface area contributed by atoms with Gasteiger partial charge in [0, 0.05) is 24.7 Å². The molecule has 110 valence electrons. The van der Waals surface area contributed by atoms with E-state index in [2.05, 4.69) is 4.90 Å². The third kappa shape index (κ3) is 4.80. The van der Waals surface area contributed by atoms with Gasteiger partial charge in [-0.05, 0) is 37.6 Å². The Hall–Kier alpha value is -1.06. The standard InChI is InChI=1S/C16H23ClN2O/c1-18(12-14-6-8-15(17)9-7-14)13-16(20)19-10-4-2-3-5-11-19/h6-9H,2-5,10-13H2,1H3. The second kappa shape index (κ2) is 7.65. The largest absolute Gasteiger partial charge is 0.342 e. The van der Waals surface area contributed by atoms with Crippen molar-refractivity contribution in [3.05, 3.63) is 34.9 Å². The normalized spacial score (nSPS) is 16.2. The van der Waals surface area contributed by atoms with Gasteiger partial charge in [0.15, 0.2) is 0 Å². The zero-order chi connectivity index (χ0) is 14.4. The molecule has 1 aliphatic rings. The molecule has 20 heavy (non-hydrogen) atoms. The number of amides is 1. The molecule has 0 radical (unpaired) electrons. The molecule has 0 aliphatic carbocycles. The first-order valence-corrected chi connectivity index (χ1v) is 7.74. The van der Waals surface area contributed by atoms with Crippen molar-refractivity contribution in [2.75, 3.05) is 26.7 Å². The molecular formula is C16H23ClN2O. The fourth-order valence-electron chi connectivity index (χ4n) is 2.61. The van der Waals surface area contributed by atoms with Crippen molar-refractivity contribution in [2.24, 2.45) is 0 Å². The van der Waals surface area contributed by atoms with E-state index in [0.717, 1.165) is 37.5 Å². The van der Waals surface area contributed by atoms with E-state index in [1.165, 1.54) is 18.4 Å². The maximum atomic E-state index is 12.3. The van der Waals surface area contributed by atoms with Crippen molar-refractivity contribution in [2.45, 2.75) is 32.2 Å². The van der Waals surface area contributed by atoms with Crippen LogP contribution in [-0.2, 0) is 11.3 Å². The molecule has 1 aromatic carbocycles. The average Bonchev–Trinajstić information content (AvgIpc) is 2.70. The number of benzene rings is 1. The van der Waals surface area contributed by atoms with E-state index in [0.29, 0.717) is 6.54 Å². The number of halogens is 1. The lowest BCUT2D eigenvalue weighted by Gasteiger charge is -2.24. The molecule has 0 unspecified atom stereocenters. The van der Waals surface area contributed by atoms with Crippen LogP contribution in [0, 0.1) is 0 Å². The highest BCUT2D eigenvalue weighted by Crippen LogP contribution is 2.12. The van der Waals surface area contributed by atoms with Crippen molar-refractivity contribution in [3.8, 4) is 0 Å². The number of carbonyl (C=O) groups is 1. The molecule has 3 nitrogen and oxygen atoms in total. The molecule has 0 saturated carbocycles. The van der Waals surface area contributed by atoms with Gasteiger partial charge < -0.3 is 4.90 Å². The first kappa shape index (κ1) is 15.3. The zero-order valence-electron chi connectivity index (χ0n) is 12.1. The molecule has 4 heteroatoms. The molecular weight excluding hydrogens is 272 g/mol. The van der Waals surface area contributed by atoms with Crippen LogP contribution in [0.2, 0.25) is 5.02 Å². The summed E-state index contributed by atoms with van der Waals surface area (Å²) in [6.45, 7) is 3.11. The van der Waals surface area contributed by atoms with Crippen molar-refractivity contribution < 1.29 is 4.79 Å². The van der Waals surface area contributed by atoms with Gasteiger partial charge in [-0.25, -0.2) is 0 Å². The number of rotatable bonds is 4. The summed E-state index contributed by atoms with van der Waals surface area (Å²) in [6, 6.07) is 7.80. The van der Waals surface area contributed by atoms with E-state index in [1.807, 2.05) is 36.2 Å². The number of hydrogen-bond donors (Lipinski definition) is 0. The molecule has 1 saturated heterocycles. The number of likely N-dealkylation sites (tertiary alicyclic amines) is 1. The third-order valence-corrected chi connectivity index (χ3v) is 3.98. The summed E-state index contributed by atoms with van der Waals surface area (Å²) in [4.78, 5) is 16.4. The topological polar surface area (TPSA) is 23.6 Å². The highest BCUT2D eigenvalue weighted by atomic mass is 35.5. The minimum Gasteiger partial charge on any atom is -0.342 e.